The summed E-state index contributed by atoms with van der Waals surface area (Å²) in [6.07, 6.45) is 1.73. The second-order valence-corrected chi connectivity index (χ2v) is 5.22. The minimum absolute atomic E-state index is 0.164. The lowest BCUT2D eigenvalue weighted by molar-refractivity contribution is 0.401. The Labute approximate surface area is 112 Å². The van der Waals surface area contributed by atoms with Crippen LogP contribution in [0, 0.1) is 0 Å². The Balaban J connectivity index is 2.41. The molecule has 0 amide bonds. The number of hydrogen-bond donors (Lipinski definition) is 2. The van der Waals surface area contributed by atoms with Crippen molar-refractivity contribution in [2.75, 3.05) is 7.11 Å². The molecule has 0 saturated heterocycles. The Morgan fingerprint density at radius 3 is 3.00 bits per heavy atom. The predicted molar refractivity (Wildman–Crippen MR) is 72.0 cm³/mol. The normalized spacial score (nSPS) is 12.4. The molecular formula is C11H12BrN3OS. The number of ether oxygens (including phenoxy) is 1. The molecule has 0 aliphatic heterocycles. The van der Waals surface area contributed by atoms with Crippen LogP contribution in [0.25, 0.3) is 0 Å². The van der Waals surface area contributed by atoms with Crippen LogP contribution >= 0.6 is 27.3 Å². The zero-order chi connectivity index (χ0) is 12.3. The van der Waals surface area contributed by atoms with E-state index in [4.69, 9.17) is 10.6 Å². The number of hydrazine groups is 1. The first-order valence-electron chi connectivity index (χ1n) is 4.95. The van der Waals surface area contributed by atoms with Crippen molar-refractivity contribution in [1.82, 2.24) is 10.4 Å². The largest absolute Gasteiger partial charge is 0.495 e. The van der Waals surface area contributed by atoms with E-state index in [9.17, 15) is 0 Å². The van der Waals surface area contributed by atoms with Crippen LogP contribution < -0.4 is 16.0 Å². The summed E-state index contributed by atoms with van der Waals surface area (Å²) >= 11 is 5.04. The van der Waals surface area contributed by atoms with Gasteiger partial charge in [-0.05, 0) is 34.1 Å². The van der Waals surface area contributed by atoms with Gasteiger partial charge in [-0.15, -0.1) is 11.3 Å². The molecule has 17 heavy (non-hydrogen) atoms. The highest BCUT2D eigenvalue weighted by molar-refractivity contribution is 9.10. The Kier molecular flexibility index (Phi) is 4.11. The van der Waals surface area contributed by atoms with E-state index in [2.05, 4.69) is 26.3 Å². The van der Waals surface area contributed by atoms with Gasteiger partial charge in [0.1, 0.15) is 17.5 Å². The summed E-state index contributed by atoms with van der Waals surface area (Å²) in [6, 6.07) is 5.56. The maximum absolute atomic E-state index is 5.62. The molecule has 1 atom stereocenters. The van der Waals surface area contributed by atoms with Crippen LogP contribution in [0.5, 0.6) is 5.75 Å². The van der Waals surface area contributed by atoms with Gasteiger partial charge < -0.3 is 4.74 Å². The van der Waals surface area contributed by atoms with E-state index in [1.54, 1.807) is 24.6 Å². The van der Waals surface area contributed by atoms with Crippen LogP contribution in [0.15, 0.2) is 34.2 Å². The number of nitrogens with two attached hydrogens (primary N) is 1. The molecule has 2 aromatic heterocycles. The molecule has 0 saturated carbocycles. The van der Waals surface area contributed by atoms with Crippen LogP contribution in [0.4, 0.5) is 0 Å². The molecule has 0 aliphatic rings. The summed E-state index contributed by atoms with van der Waals surface area (Å²) in [6.45, 7) is 0. The summed E-state index contributed by atoms with van der Waals surface area (Å²) in [5, 5.41) is 2.01. The molecule has 3 N–H and O–H groups in total. The van der Waals surface area contributed by atoms with E-state index >= 15 is 0 Å². The molecule has 0 radical (unpaired) electrons. The van der Waals surface area contributed by atoms with Crippen molar-refractivity contribution in [3.8, 4) is 5.75 Å². The molecule has 0 bridgehead atoms. The Bertz CT molecular complexity index is 503. The Morgan fingerprint density at radius 1 is 1.59 bits per heavy atom. The lowest BCUT2D eigenvalue weighted by Crippen LogP contribution is -2.29. The summed E-state index contributed by atoms with van der Waals surface area (Å²) in [5.74, 6) is 6.34. The average Bonchev–Trinajstić information content (AvgIpc) is 2.77. The van der Waals surface area contributed by atoms with Gasteiger partial charge in [-0.2, -0.15) is 0 Å². The number of pyridine rings is 1. The average molecular weight is 314 g/mol. The third-order valence-corrected chi connectivity index (χ3v) is 4.09. The number of rotatable bonds is 4. The molecule has 0 aromatic carbocycles. The van der Waals surface area contributed by atoms with Gasteiger partial charge in [0.15, 0.2) is 0 Å². The van der Waals surface area contributed by atoms with Crippen molar-refractivity contribution in [3.63, 3.8) is 0 Å². The topological polar surface area (TPSA) is 60.2 Å². The number of hydrogen-bond acceptors (Lipinski definition) is 5. The number of aromatic nitrogens is 1. The van der Waals surface area contributed by atoms with Crippen LogP contribution in [0.2, 0.25) is 0 Å². The molecule has 2 rings (SSSR count). The second-order valence-electron chi connectivity index (χ2n) is 3.36. The number of methoxy groups -OCH3 is 1. The van der Waals surface area contributed by atoms with Crippen LogP contribution in [0.1, 0.15) is 16.6 Å². The second kappa shape index (κ2) is 5.59. The maximum atomic E-state index is 5.62. The smallest absolute Gasteiger partial charge is 0.142 e. The molecule has 2 heterocycles. The molecule has 2 aromatic rings. The number of thiophene rings is 1. The first kappa shape index (κ1) is 12.5. The fourth-order valence-electron chi connectivity index (χ4n) is 1.57. The summed E-state index contributed by atoms with van der Waals surface area (Å²) in [5.41, 5.74) is 3.55. The van der Waals surface area contributed by atoms with Crippen molar-refractivity contribution in [3.05, 3.63) is 44.8 Å². The lowest BCUT2D eigenvalue weighted by Gasteiger charge is -2.16. The van der Waals surface area contributed by atoms with Crippen molar-refractivity contribution in [2.45, 2.75) is 6.04 Å². The van der Waals surface area contributed by atoms with E-state index in [0.29, 0.717) is 0 Å². The van der Waals surface area contributed by atoms with Crippen LogP contribution in [-0.4, -0.2) is 12.1 Å². The number of nitrogens with one attached hydrogen (secondary N) is 1. The maximum Gasteiger partial charge on any atom is 0.142 e. The highest BCUT2D eigenvalue weighted by Crippen LogP contribution is 2.32. The number of nitrogens with zero attached hydrogens (tertiary/aromatic N) is 1. The molecule has 0 spiro atoms. The molecule has 0 fully saturated rings. The minimum Gasteiger partial charge on any atom is -0.495 e. The Hall–Kier alpha value is -0.950. The third kappa shape index (κ3) is 2.66. The molecule has 4 nitrogen and oxygen atoms in total. The SMILES string of the molecule is COc1cccnc1C(NN)c1cc(Br)cs1. The first-order chi connectivity index (χ1) is 8.26. The van der Waals surface area contributed by atoms with Gasteiger partial charge in [-0.1, -0.05) is 0 Å². The van der Waals surface area contributed by atoms with E-state index in [1.165, 1.54) is 0 Å². The fraction of sp³-hybridized carbons (Fsp3) is 0.182. The Morgan fingerprint density at radius 2 is 2.41 bits per heavy atom. The van der Waals surface area contributed by atoms with Gasteiger partial charge in [0.2, 0.25) is 0 Å². The molecule has 1 unspecified atom stereocenters. The molecular weight excluding hydrogens is 302 g/mol. The minimum atomic E-state index is -0.164. The van der Waals surface area contributed by atoms with Crippen LogP contribution in [0.3, 0.4) is 0 Å². The molecule has 0 aliphatic carbocycles. The monoisotopic (exact) mass is 313 g/mol. The highest BCUT2D eigenvalue weighted by Gasteiger charge is 2.19. The highest BCUT2D eigenvalue weighted by atomic mass is 79.9. The molecule has 90 valence electrons. The lowest BCUT2D eigenvalue weighted by atomic mass is 10.1. The van der Waals surface area contributed by atoms with Gasteiger partial charge in [0, 0.05) is 20.9 Å². The van der Waals surface area contributed by atoms with E-state index in [1.807, 2.05) is 23.6 Å². The van der Waals surface area contributed by atoms with Crippen molar-refractivity contribution in [1.29, 1.82) is 0 Å². The van der Waals surface area contributed by atoms with E-state index < -0.39 is 0 Å². The van der Waals surface area contributed by atoms with Crippen LogP contribution in [-0.2, 0) is 0 Å². The summed E-state index contributed by atoms with van der Waals surface area (Å²) in [7, 11) is 1.62. The third-order valence-electron chi connectivity index (χ3n) is 2.33. The van der Waals surface area contributed by atoms with Crippen molar-refractivity contribution >= 4 is 27.3 Å². The van der Waals surface area contributed by atoms with Crippen molar-refractivity contribution < 1.29 is 4.74 Å². The van der Waals surface area contributed by atoms with Gasteiger partial charge in [0.05, 0.1) is 7.11 Å². The summed E-state index contributed by atoms with van der Waals surface area (Å²) < 4.78 is 6.33. The zero-order valence-electron chi connectivity index (χ0n) is 9.18. The van der Waals surface area contributed by atoms with Gasteiger partial charge in [-0.3, -0.25) is 10.8 Å². The van der Waals surface area contributed by atoms with E-state index in [-0.39, 0.29) is 6.04 Å². The van der Waals surface area contributed by atoms with Gasteiger partial charge in [0.25, 0.3) is 0 Å². The standard InChI is InChI=1S/C11H12BrN3OS/c1-16-8-3-2-4-14-10(8)11(15-13)9-5-7(12)6-17-9/h2-6,11,15H,13H2,1H3. The molecule has 6 heteroatoms. The van der Waals surface area contributed by atoms with Crippen molar-refractivity contribution in [2.24, 2.45) is 5.84 Å². The predicted octanol–water partition coefficient (Wildman–Crippen LogP) is 2.47. The van der Waals surface area contributed by atoms with Gasteiger partial charge >= 0.3 is 0 Å². The van der Waals surface area contributed by atoms with E-state index in [0.717, 1.165) is 20.8 Å². The quantitative estimate of drug-likeness (QED) is 0.672. The fourth-order valence-corrected chi connectivity index (χ4v) is 3.07. The first-order valence-corrected chi connectivity index (χ1v) is 6.62. The summed E-state index contributed by atoms with van der Waals surface area (Å²) in [4.78, 5) is 5.41. The zero-order valence-corrected chi connectivity index (χ0v) is 11.6. The van der Waals surface area contributed by atoms with Gasteiger partial charge in [-0.25, -0.2) is 5.43 Å². The number of halogens is 1.